The average Bonchev–Trinajstić information content (AvgIpc) is 2.65. The Bertz CT molecular complexity index is 700. The number of halogens is 18. The first-order valence-electron chi connectivity index (χ1n) is 7.47. The molecule has 0 aliphatic carbocycles. The summed E-state index contributed by atoms with van der Waals surface area (Å²) in [5, 5.41) is 47.1. The van der Waals surface area contributed by atoms with Crippen molar-refractivity contribution < 1.29 is 137 Å². The van der Waals surface area contributed by atoms with Gasteiger partial charge in [-0.3, -0.25) is 0 Å². The second kappa shape index (κ2) is 30.1. The van der Waals surface area contributed by atoms with Crippen molar-refractivity contribution in [3.05, 3.63) is 0 Å². The molecule has 0 rings (SSSR count). The Balaban J connectivity index is -0.0000000584. The fourth-order valence-corrected chi connectivity index (χ4v) is 0. The Labute approximate surface area is 397 Å². The molecule has 0 atom stereocenters. The first-order chi connectivity index (χ1) is 17.7. The minimum atomic E-state index is -2.17. The van der Waals surface area contributed by atoms with Crippen molar-refractivity contribution in [3.8, 4) is 0 Å². The molecule has 0 fully saturated rings. The molecule has 0 amide bonds. The van der Waals surface area contributed by atoms with E-state index in [2.05, 4.69) is 0 Å². The van der Waals surface area contributed by atoms with E-state index in [0.717, 1.165) is 0 Å². The van der Waals surface area contributed by atoms with Crippen LogP contribution in [0.5, 0.6) is 0 Å². The summed E-state index contributed by atoms with van der Waals surface area (Å²) in [6, 6.07) is 0. The van der Waals surface area contributed by atoms with Crippen molar-refractivity contribution in [2.45, 2.75) is 22.8 Å². The minimum Gasteiger partial charge on any atom is -0.478 e. The molecule has 0 aromatic rings. The molecule has 0 saturated carbocycles. The summed E-state index contributed by atoms with van der Waals surface area (Å²) in [5.74, 6) is -8.76. The largest absolute Gasteiger partial charge is 0.478 e. The molecule has 0 saturated heterocycles. The number of carboxylic acids is 6. The van der Waals surface area contributed by atoms with Gasteiger partial charge in [0.2, 0.25) is 0 Å². The molecule has 0 aliphatic rings. The van der Waals surface area contributed by atoms with E-state index in [9.17, 15) is 28.8 Å². The van der Waals surface area contributed by atoms with Gasteiger partial charge in [0.15, 0.2) is 0 Å². The number of carbonyl (C=O) groups is 6. The first kappa shape index (κ1) is 66.8. The first-order valence-corrected chi connectivity index (χ1v) is 14.3. The third kappa shape index (κ3) is 58.8. The molecule has 0 bridgehead atoms. The van der Waals surface area contributed by atoms with E-state index in [0.29, 0.717) is 0 Å². The maximum Gasteiger partial charge on any atom is 0.356 e. The number of alkyl halides is 18. The third-order valence-corrected chi connectivity index (χ3v) is 4.37. The zero-order valence-electron chi connectivity index (χ0n) is 18.6. The van der Waals surface area contributed by atoms with Crippen LogP contribution in [0.4, 0.5) is 0 Å². The summed E-state index contributed by atoms with van der Waals surface area (Å²) >= 11 is 86.4. The molecule has 0 aromatic heterocycles. The summed E-state index contributed by atoms with van der Waals surface area (Å²) in [5.41, 5.74) is 0. The average molecular weight is 1300 g/mol. The topological polar surface area (TPSA) is 224 Å². The Morgan fingerprint density at radius 2 is 0.295 bits per heavy atom. The number of aliphatic carboxylic acids is 6. The van der Waals surface area contributed by atoms with Gasteiger partial charge in [-0.1, -0.05) is 209 Å². The summed E-state index contributed by atoms with van der Waals surface area (Å²) in [7, 11) is 0. The normalized spacial score (nSPS) is 10.8. The molecule has 0 heterocycles. The molecule has 44 heavy (non-hydrogen) atoms. The van der Waals surface area contributed by atoms with E-state index in [4.69, 9.17) is 239 Å². The van der Waals surface area contributed by atoms with Crippen LogP contribution in [-0.2, 0) is 28.8 Å². The van der Waals surface area contributed by atoms with Gasteiger partial charge in [-0.25, -0.2) is 28.8 Å². The molecule has 270 valence electrons. The van der Waals surface area contributed by atoms with Gasteiger partial charge in [0, 0.05) is 77.7 Å². The number of rotatable bonds is 0. The van der Waals surface area contributed by atoms with E-state index in [1.807, 2.05) is 0 Å². The number of hydrogen-bond donors (Lipinski definition) is 6. The van der Waals surface area contributed by atoms with Gasteiger partial charge in [-0.05, 0) is 0 Å². The molecular formula is C12H6Cl18ErO12Sm. The fraction of sp³-hybridized carbons (Fsp3) is 0.500. The molecule has 0 spiro atoms. The van der Waals surface area contributed by atoms with Crippen LogP contribution >= 0.6 is 209 Å². The summed E-state index contributed by atoms with van der Waals surface area (Å²) < 4.78 is -13.0. The molecule has 0 aliphatic heterocycles. The smallest absolute Gasteiger partial charge is 0.356 e. The van der Waals surface area contributed by atoms with E-state index in [1.165, 1.54) is 0 Å². The van der Waals surface area contributed by atoms with Crippen LogP contribution in [0.1, 0.15) is 0 Å². The van der Waals surface area contributed by atoms with Gasteiger partial charge < -0.3 is 30.6 Å². The van der Waals surface area contributed by atoms with Crippen LogP contribution in [0, 0.1) is 77.7 Å². The van der Waals surface area contributed by atoms with E-state index >= 15 is 0 Å². The van der Waals surface area contributed by atoms with Gasteiger partial charge in [0.05, 0.1) is 0 Å². The van der Waals surface area contributed by atoms with Crippen LogP contribution in [-0.4, -0.2) is 89.2 Å². The van der Waals surface area contributed by atoms with Crippen LogP contribution in [0.25, 0.3) is 0 Å². The summed E-state index contributed by atoms with van der Waals surface area (Å²) in [4.78, 5) is 57.8. The Morgan fingerprint density at radius 3 is 0.295 bits per heavy atom. The number of carboxylic acid groups (broad SMARTS) is 6. The minimum absolute atomic E-state index is 0. The molecule has 32 heteroatoms. The maximum absolute atomic E-state index is 9.62. The van der Waals surface area contributed by atoms with Crippen LogP contribution in [0.2, 0.25) is 0 Å². The van der Waals surface area contributed by atoms with Crippen molar-refractivity contribution in [2.75, 3.05) is 0 Å². The number of hydrogen-bond acceptors (Lipinski definition) is 6. The SMILES string of the molecule is O=C(O)C(Cl)(Cl)Cl.O=C(O)C(Cl)(Cl)Cl.O=C(O)C(Cl)(Cl)Cl.O=C(O)C(Cl)(Cl)Cl.O=C(O)C(Cl)(Cl)Cl.O=C(O)C(Cl)(Cl)Cl.[Er].[Sm]. The van der Waals surface area contributed by atoms with Crippen molar-refractivity contribution in [2.24, 2.45) is 0 Å². The second-order valence-electron chi connectivity index (χ2n) is 4.82. The van der Waals surface area contributed by atoms with Crippen molar-refractivity contribution in [1.82, 2.24) is 0 Å². The zero-order valence-corrected chi connectivity index (χ0v) is 36.7. The Morgan fingerprint density at radius 1 is 0.273 bits per heavy atom. The fourth-order valence-electron chi connectivity index (χ4n) is 0. The summed E-state index contributed by atoms with van der Waals surface area (Å²) in [6.07, 6.45) is 0. The molecular weight excluding hydrogens is 1290 g/mol. The third-order valence-electron chi connectivity index (χ3n) is 1.46. The van der Waals surface area contributed by atoms with Gasteiger partial charge in [-0.15, -0.1) is 0 Å². The predicted octanol–water partition coefficient (Wildman–Crippen LogP) is 8.65. The van der Waals surface area contributed by atoms with E-state index in [1.54, 1.807) is 0 Å². The Kier molecular flexibility index (Phi) is 45.7. The maximum atomic E-state index is 9.62. The zero-order chi connectivity index (χ0) is 36.5. The monoisotopic (exact) mass is 1290 g/mol. The molecule has 0 radical (unpaired) electrons. The molecule has 6 N–H and O–H groups in total. The van der Waals surface area contributed by atoms with Crippen molar-refractivity contribution in [3.63, 3.8) is 0 Å². The van der Waals surface area contributed by atoms with Crippen molar-refractivity contribution >= 4 is 245 Å². The second-order valence-corrected chi connectivity index (χ2v) is 18.5. The van der Waals surface area contributed by atoms with Crippen LogP contribution in [0.3, 0.4) is 0 Å². The Hall–Kier alpha value is 4.62. The molecule has 0 aromatic carbocycles. The van der Waals surface area contributed by atoms with Crippen LogP contribution in [0.15, 0.2) is 0 Å². The quantitative estimate of drug-likeness (QED) is 0.125. The molecule has 0 unspecified atom stereocenters. The van der Waals surface area contributed by atoms with Crippen LogP contribution < -0.4 is 0 Å². The molecule has 12 nitrogen and oxygen atoms in total. The van der Waals surface area contributed by atoms with E-state index in [-0.39, 0.29) is 77.7 Å². The summed E-state index contributed by atoms with van der Waals surface area (Å²) in [6.45, 7) is 0. The standard InChI is InChI=1S/6C2HCl3O2.Er.Sm/c6*3-2(4,5)1(6)7;;/h6*(H,6,7);;. The van der Waals surface area contributed by atoms with Gasteiger partial charge in [0.25, 0.3) is 22.8 Å². The van der Waals surface area contributed by atoms with Crippen molar-refractivity contribution in [1.29, 1.82) is 0 Å². The van der Waals surface area contributed by atoms with Gasteiger partial charge in [0.1, 0.15) is 0 Å². The predicted molar refractivity (Wildman–Crippen MR) is 168 cm³/mol. The van der Waals surface area contributed by atoms with Gasteiger partial charge in [-0.2, -0.15) is 0 Å². The van der Waals surface area contributed by atoms with Gasteiger partial charge >= 0.3 is 35.8 Å². The van der Waals surface area contributed by atoms with E-state index < -0.39 is 58.6 Å².